The molecule has 1 unspecified atom stereocenters. The lowest BCUT2D eigenvalue weighted by molar-refractivity contribution is -0.141. The molecule has 2 heterocycles. The van der Waals surface area contributed by atoms with E-state index >= 15 is 0 Å². The van der Waals surface area contributed by atoms with Crippen molar-refractivity contribution in [2.24, 2.45) is 11.8 Å². The van der Waals surface area contributed by atoms with Crippen LogP contribution in [0.25, 0.3) is 0 Å². The first-order valence-electron chi connectivity index (χ1n) is 11.0. The van der Waals surface area contributed by atoms with Crippen molar-refractivity contribution in [3.05, 3.63) is 23.8 Å². The lowest BCUT2D eigenvalue weighted by Gasteiger charge is -2.36. The second-order valence-electron chi connectivity index (χ2n) is 8.42. The van der Waals surface area contributed by atoms with Crippen molar-refractivity contribution in [3.8, 4) is 11.5 Å². The number of methoxy groups -OCH3 is 1. The van der Waals surface area contributed by atoms with E-state index in [1.807, 2.05) is 4.90 Å². The van der Waals surface area contributed by atoms with Gasteiger partial charge in [-0.2, -0.15) is 0 Å². The molecule has 1 aromatic rings. The molecule has 0 aliphatic carbocycles. The van der Waals surface area contributed by atoms with E-state index in [0.717, 1.165) is 19.3 Å². The summed E-state index contributed by atoms with van der Waals surface area (Å²) in [6.45, 7) is 8.50. The maximum absolute atomic E-state index is 13.1. The largest absolute Gasteiger partial charge is 0.493 e. The fraction of sp³-hybridized carbons (Fsp3) is 0.652. The van der Waals surface area contributed by atoms with Gasteiger partial charge in [-0.3, -0.25) is 9.59 Å². The summed E-state index contributed by atoms with van der Waals surface area (Å²) in [5, 5.41) is 0. The zero-order chi connectivity index (χ0) is 21.5. The summed E-state index contributed by atoms with van der Waals surface area (Å²) < 4.78 is 16.6. The zero-order valence-corrected chi connectivity index (χ0v) is 18.4. The van der Waals surface area contributed by atoms with Crippen LogP contribution in [0.15, 0.2) is 18.2 Å². The molecule has 0 saturated carbocycles. The quantitative estimate of drug-likeness (QED) is 0.681. The second-order valence-corrected chi connectivity index (χ2v) is 8.42. The zero-order valence-electron chi connectivity index (χ0n) is 18.4. The highest BCUT2D eigenvalue weighted by Crippen LogP contribution is 2.30. The maximum Gasteiger partial charge on any atom is 0.254 e. The van der Waals surface area contributed by atoms with Gasteiger partial charge in [0.1, 0.15) is 0 Å². The number of piperidine rings is 1. The Morgan fingerprint density at radius 2 is 1.90 bits per heavy atom. The third-order valence-electron chi connectivity index (χ3n) is 5.74. The van der Waals surface area contributed by atoms with Crippen LogP contribution in [-0.4, -0.2) is 74.7 Å². The lowest BCUT2D eigenvalue weighted by Crippen LogP contribution is -2.49. The van der Waals surface area contributed by atoms with Gasteiger partial charge in [0.25, 0.3) is 5.91 Å². The van der Waals surface area contributed by atoms with Crippen molar-refractivity contribution in [1.29, 1.82) is 0 Å². The van der Waals surface area contributed by atoms with Crippen molar-refractivity contribution >= 4 is 11.8 Å². The monoisotopic (exact) mass is 418 g/mol. The molecule has 30 heavy (non-hydrogen) atoms. The first-order chi connectivity index (χ1) is 14.5. The Kier molecular flexibility index (Phi) is 7.96. The van der Waals surface area contributed by atoms with E-state index in [0.29, 0.717) is 69.0 Å². The van der Waals surface area contributed by atoms with Gasteiger partial charge in [-0.15, -0.1) is 0 Å². The summed E-state index contributed by atoms with van der Waals surface area (Å²) >= 11 is 0. The summed E-state index contributed by atoms with van der Waals surface area (Å²) in [5.41, 5.74) is 0.558. The number of ether oxygens (including phenoxy) is 3. The van der Waals surface area contributed by atoms with Gasteiger partial charge in [-0.1, -0.05) is 13.8 Å². The van der Waals surface area contributed by atoms with Crippen molar-refractivity contribution in [2.75, 3.05) is 53.1 Å². The minimum atomic E-state index is -0.138. The van der Waals surface area contributed by atoms with E-state index in [1.165, 1.54) is 0 Å². The fourth-order valence-corrected chi connectivity index (χ4v) is 3.91. The summed E-state index contributed by atoms with van der Waals surface area (Å²) in [6, 6.07) is 5.32. The molecule has 1 atom stereocenters. The third kappa shape index (κ3) is 5.65. The number of hydrogen-bond donors (Lipinski definition) is 0. The second kappa shape index (κ2) is 10.7. The van der Waals surface area contributed by atoms with E-state index in [9.17, 15) is 9.59 Å². The van der Waals surface area contributed by atoms with Crippen LogP contribution in [0.4, 0.5) is 0 Å². The molecule has 2 saturated heterocycles. The Labute approximate surface area is 179 Å². The van der Waals surface area contributed by atoms with Crippen molar-refractivity contribution in [3.63, 3.8) is 0 Å². The highest BCUT2D eigenvalue weighted by atomic mass is 16.5. The van der Waals surface area contributed by atoms with Gasteiger partial charge in [0, 0.05) is 31.7 Å². The molecule has 1 aromatic carbocycles. The number of carbonyl (C=O) groups excluding carboxylic acids is 2. The molecule has 2 aliphatic rings. The average Bonchev–Trinajstić information content (AvgIpc) is 2.78. The summed E-state index contributed by atoms with van der Waals surface area (Å²) in [6.07, 6.45) is 2.61. The normalized spacial score (nSPS) is 19.7. The molecule has 2 aliphatic heterocycles. The van der Waals surface area contributed by atoms with Crippen LogP contribution in [0, 0.1) is 11.8 Å². The number of morpholine rings is 1. The Morgan fingerprint density at radius 3 is 2.60 bits per heavy atom. The SMILES string of the molecule is COc1cc(C(=O)N2CCCC(C(=O)N3CCOCC3)C2)ccc1OCCC(C)C. The highest BCUT2D eigenvalue weighted by Gasteiger charge is 2.32. The van der Waals surface area contributed by atoms with Gasteiger partial charge in [0.15, 0.2) is 11.5 Å². The number of likely N-dealkylation sites (tertiary alicyclic amines) is 1. The third-order valence-corrected chi connectivity index (χ3v) is 5.74. The molecule has 3 rings (SSSR count). The number of hydrogen-bond acceptors (Lipinski definition) is 5. The molecule has 0 N–H and O–H groups in total. The predicted molar refractivity (Wildman–Crippen MR) is 114 cm³/mol. The van der Waals surface area contributed by atoms with E-state index in [2.05, 4.69) is 13.8 Å². The Hall–Kier alpha value is -2.28. The van der Waals surface area contributed by atoms with Gasteiger partial charge >= 0.3 is 0 Å². The highest BCUT2D eigenvalue weighted by molar-refractivity contribution is 5.95. The molecule has 7 heteroatoms. The molecule has 2 fully saturated rings. The van der Waals surface area contributed by atoms with Crippen molar-refractivity contribution in [2.45, 2.75) is 33.1 Å². The number of carbonyl (C=O) groups is 2. The fourth-order valence-electron chi connectivity index (χ4n) is 3.91. The maximum atomic E-state index is 13.1. The average molecular weight is 419 g/mol. The van der Waals surface area contributed by atoms with E-state index in [4.69, 9.17) is 14.2 Å². The topological polar surface area (TPSA) is 68.3 Å². The van der Waals surface area contributed by atoms with E-state index < -0.39 is 0 Å². The Morgan fingerprint density at radius 1 is 1.13 bits per heavy atom. The number of amides is 2. The first kappa shape index (κ1) is 22.4. The molecule has 0 radical (unpaired) electrons. The van der Waals surface area contributed by atoms with Crippen molar-refractivity contribution < 1.29 is 23.8 Å². The van der Waals surface area contributed by atoms with E-state index in [-0.39, 0.29) is 17.7 Å². The van der Waals surface area contributed by atoms with Gasteiger partial charge < -0.3 is 24.0 Å². The van der Waals surface area contributed by atoms with E-state index in [1.54, 1.807) is 30.2 Å². The molecule has 0 spiro atoms. The molecular weight excluding hydrogens is 384 g/mol. The lowest BCUT2D eigenvalue weighted by atomic mass is 9.95. The predicted octanol–water partition coefficient (Wildman–Crippen LogP) is 2.83. The summed E-state index contributed by atoms with van der Waals surface area (Å²) in [7, 11) is 1.58. The van der Waals surface area contributed by atoms with Gasteiger partial charge in [-0.25, -0.2) is 0 Å². The van der Waals surface area contributed by atoms with Crippen LogP contribution in [0.1, 0.15) is 43.5 Å². The summed E-state index contributed by atoms with van der Waals surface area (Å²) in [5.74, 6) is 1.70. The molecule has 2 amide bonds. The van der Waals surface area contributed by atoms with Gasteiger partial charge in [0.05, 0.1) is 32.8 Å². The van der Waals surface area contributed by atoms with Crippen LogP contribution in [0.2, 0.25) is 0 Å². The number of rotatable bonds is 7. The van der Waals surface area contributed by atoms with Crippen molar-refractivity contribution in [1.82, 2.24) is 9.80 Å². The van der Waals surface area contributed by atoms with Gasteiger partial charge in [0.2, 0.25) is 5.91 Å². The van der Waals surface area contributed by atoms with Crippen LogP contribution < -0.4 is 9.47 Å². The molecule has 0 aromatic heterocycles. The minimum Gasteiger partial charge on any atom is -0.493 e. The van der Waals surface area contributed by atoms with Crippen LogP contribution in [-0.2, 0) is 9.53 Å². The van der Waals surface area contributed by atoms with Crippen LogP contribution in [0.5, 0.6) is 11.5 Å². The van der Waals surface area contributed by atoms with Gasteiger partial charge in [-0.05, 0) is 43.4 Å². The summed E-state index contributed by atoms with van der Waals surface area (Å²) in [4.78, 5) is 29.6. The molecular formula is C23H34N2O5. The Balaban J connectivity index is 1.64. The van der Waals surface area contributed by atoms with Crippen LogP contribution in [0.3, 0.4) is 0 Å². The molecule has 7 nitrogen and oxygen atoms in total. The Bertz CT molecular complexity index is 730. The number of nitrogens with zero attached hydrogens (tertiary/aromatic N) is 2. The van der Waals surface area contributed by atoms with Crippen LogP contribution >= 0.6 is 0 Å². The smallest absolute Gasteiger partial charge is 0.254 e. The standard InChI is InChI=1S/C23H34N2O5/c1-17(2)8-12-30-20-7-6-18(15-21(20)28-3)22(26)25-9-4-5-19(16-25)23(27)24-10-13-29-14-11-24/h6-7,15,17,19H,4-5,8-14,16H2,1-3H3. The molecule has 166 valence electrons. The molecule has 0 bridgehead atoms. The minimum absolute atomic E-state index is 0.0680. The number of benzene rings is 1. The first-order valence-corrected chi connectivity index (χ1v) is 11.0.